The molecule has 0 saturated heterocycles. The van der Waals surface area contributed by atoms with Crippen LogP contribution in [-0.4, -0.2) is 0 Å². The Labute approximate surface area is 119 Å². The van der Waals surface area contributed by atoms with Gasteiger partial charge in [-0.3, -0.25) is 0 Å². The zero-order chi connectivity index (χ0) is 18.0. The van der Waals surface area contributed by atoms with Gasteiger partial charge < -0.3 is 0 Å². The highest BCUT2D eigenvalue weighted by molar-refractivity contribution is 4.24. The van der Waals surface area contributed by atoms with Crippen molar-refractivity contribution >= 4 is 0 Å². The molecule has 0 aliphatic rings. The van der Waals surface area contributed by atoms with Crippen molar-refractivity contribution in [3.05, 3.63) is 118 Å². The molecule has 0 amide bonds. The molecular formula is C18H36. The van der Waals surface area contributed by atoms with Crippen LogP contribution in [0.5, 0.6) is 0 Å². The average Bonchev–Trinajstić information content (AvgIpc) is 2.63. The molecule has 18 heavy (non-hydrogen) atoms. The second-order valence-electron chi connectivity index (χ2n) is 0. The van der Waals surface area contributed by atoms with Crippen molar-refractivity contribution in [2.24, 2.45) is 0 Å². The maximum Gasteiger partial charge on any atom is -0.106 e. The Morgan fingerprint density at radius 2 is 0.111 bits per heavy atom. The predicted molar refractivity (Wildman–Crippen MR) is 101 cm³/mol. The average molecular weight is 252 g/mol. The van der Waals surface area contributed by atoms with E-state index in [4.69, 9.17) is 0 Å². The predicted octanol–water partition coefficient (Wildman–Crippen LogP) is 7.22. The molecule has 0 saturated carbocycles. The van der Waals surface area contributed by atoms with Gasteiger partial charge in [-0.25, -0.2) is 0 Å². The number of hydrogen-bond acceptors (Lipinski definition) is 0. The van der Waals surface area contributed by atoms with Gasteiger partial charge in [0.1, 0.15) is 0 Å². The smallest absolute Gasteiger partial charge is 0.106 e. The minimum Gasteiger partial charge on any atom is -0.106 e. The summed E-state index contributed by atoms with van der Waals surface area (Å²) in [6.45, 7) is 54.0. The van der Waals surface area contributed by atoms with Gasteiger partial charge in [0, 0.05) is 0 Å². The van der Waals surface area contributed by atoms with Crippen molar-refractivity contribution in [3.63, 3.8) is 0 Å². The van der Waals surface area contributed by atoms with Gasteiger partial charge in [-0.2, -0.15) is 0 Å². The fourth-order valence-corrected chi connectivity index (χ4v) is 0. The monoisotopic (exact) mass is 252 g/mol. The Kier molecular flexibility index (Phi) is 2110. The van der Waals surface area contributed by atoms with Gasteiger partial charge in [0.15, 0.2) is 0 Å². The fraction of sp³-hybridized carbons (Fsp3) is 0. The third kappa shape index (κ3) is 400. The van der Waals surface area contributed by atoms with Crippen LogP contribution in [0.4, 0.5) is 0 Å². The van der Waals surface area contributed by atoms with E-state index in [9.17, 15) is 0 Å². The summed E-state index contributed by atoms with van der Waals surface area (Å²) in [4.78, 5) is 0. The van der Waals surface area contributed by atoms with Gasteiger partial charge >= 0.3 is 0 Å². The molecule has 0 aliphatic heterocycles. The lowest BCUT2D eigenvalue weighted by atomic mass is 11.3. The lowest BCUT2D eigenvalue weighted by Crippen LogP contribution is -0.552. The molecule has 0 aromatic rings. The summed E-state index contributed by atoms with van der Waals surface area (Å²) >= 11 is 0. The molecule has 0 atom stereocenters. The third-order valence-electron chi connectivity index (χ3n) is 0. The maximum absolute atomic E-state index is 3.00. The van der Waals surface area contributed by atoms with Crippen LogP contribution in [0.2, 0.25) is 0 Å². The van der Waals surface area contributed by atoms with E-state index in [1.165, 1.54) is 0 Å². The second-order valence-corrected chi connectivity index (χ2v) is 0. The van der Waals surface area contributed by atoms with Crippen LogP contribution >= 0.6 is 0 Å². The largest absolute Gasteiger partial charge is 0.106 e. The van der Waals surface area contributed by atoms with Crippen molar-refractivity contribution in [3.8, 4) is 0 Å². The molecule has 0 rings (SSSR count). The first kappa shape index (κ1) is 75.9. The first-order chi connectivity index (χ1) is 9.00. The van der Waals surface area contributed by atoms with E-state index in [-0.39, 0.29) is 0 Å². The quantitative estimate of drug-likeness (QED) is 0.399. The van der Waals surface area contributed by atoms with Crippen molar-refractivity contribution in [2.45, 2.75) is 0 Å². The molecule has 0 aromatic carbocycles. The molecule has 0 aromatic heterocycles. The summed E-state index contributed by atoms with van der Waals surface area (Å²) in [5.41, 5.74) is 0. The highest BCUT2D eigenvalue weighted by Crippen LogP contribution is 0.878. The van der Waals surface area contributed by atoms with Crippen LogP contribution < -0.4 is 0 Å². The molecule has 0 bridgehead atoms. The summed E-state index contributed by atoms with van der Waals surface area (Å²) in [5, 5.41) is 0. The Bertz CT molecular complexity index is 28.5. The molecule has 0 unspecified atom stereocenters. The summed E-state index contributed by atoms with van der Waals surface area (Å²) in [6.07, 6.45) is 0. The minimum atomic E-state index is 3.00. The van der Waals surface area contributed by atoms with E-state index >= 15 is 0 Å². The van der Waals surface area contributed by atoms with Crippen molar-refractivity contribution in [2.75, 3.05) is 0 Å². The Morgan fingerprint density at radius 3 is 0.111 bits per heavy atom. The lowest BCUT2D eigenvalue weighted by molar-refractivity contribution is 2.81. The summed E-state index contributed by atoms with van der Waals surface area (Å²) in [5.74, 6) is 0. The summed E-state index contributed by atoms with van der Waals surface area (Å²) < 4.78 is 0. The zero-order valence-corrected chi connectivity index (χ0v) is 12.7. The third-order valence-corrected chi connectivity index (χ3v) is 0. The molecule has 0 aliphatic carbocycles. The standard InChI is InChI=1S/9C2H4/c9*1-2/h9*1-2H2. The Balaban J connectivity index is -0.00000000723. The molecular weight excluding hydrogens is 216 g/mol. The highest BCUT2D eigenvalue weighted by atomic mass is 12.7. The van der Waals surface area contributed by atoms with E-state index in [2.05, 4.69) is 118 Å². The second kappa shape index (κ2) is 500. The van der Waals surface area contributed by atoms with Crippen LogP contribution in [0.3, 0.4) is 0 Å². The van der Waals surface area contributed by atoms with Crippen LogP contribution in [-0.2, 0) is 0 Å². The Morgan fingerprint density at radius 1 is 0.111 bits per heavy atom. The maximum atomic E-state index is 3.00. The molecule has 0 radical (unpaired) electrons. The van der Waals surface area contributed by atoms with E-state index in [0.717, 1.165) is 0 Å². The first-order valence-corrected chi connectivity index (χ1v) is 4.50. The molecule has 0 heteroatoms. The summed E-state index contributed by atoms with van der Waals surface area (Å²) in [6, 6.07) is 0. The molecule has 0 N–H and O–H groups in total. The minimum absolute atomic E-state index is 3.00. The fourth-order valence-electron chi connectivity index (χ4n) is 0. The molecule has 0 spiro atoms. The van der Waals surface area contributed by atoms with Gasteiger partial charge in [0.05, 0.1) is 0 Å². The van der Waals surface area contributed by atoms with Gasteiger partial charge in [-0.1, -0.05) is 0 Å². The SMILES string of the molecule is C=C.C=C.C=C.C=C.C=C.C=C.C=C.C=C.C=C. The van der Waals surface area contributed by atoms with Gasteiger partial charge in [0.2, 0.25) is 0 Å². The van der Waals surface area contributed by atoms with Gasteiger partial charge in [-0.05, 0) is 0 Å². The van der Waals surface area contributed by atoms with E-state index < -0.39 is 0 Å². The number of hydrogen-bond donors (Lipinski definition) is 0. The van der Waals surface area contributed by atoms with Gasteiger partial charge in [0.25, 0.3) is 0 Å². The van der Waals surface area contributed by atoms with Crippen molar-refractivity contribution < 1.29 is 0 Å². The van der Waals surface area contributed by atoms with Crippen molar-refractivity contribution in [1.82, 2.24) is 0 Å². The summed E-state index contributed by atoms with van der Waals surface area (Å²) in [7, 11) is 0. The molecule has 0 heterocycles. The molecule has 0 fully saturated rings. The van der Waals surface area contributed by atoms with E-state index in [1.54, 1.807) is 0 Å². The topological polar surface area (TPSA) is 0 Å². The van der Waals surface area contributed by atoms with E-state index in [1.807, 2.05) is 0 Å². The zero-order valence-electron chi connectivity index (χ0n) is 12.7. The van der Waals surface area contributed by atoms with E-state index in [0.29, 0.717) is 0 Å². The molecule has 0 nitrogen and oxygen atoms in total. The van der Waals surface area contributed by atoms with Crippen LogP contribution in [0.25, 0.3) is 0 Å². The normalized spacial score (nSPS) is 2.00. The molecule has 108 valence electrons. The first-order valence-electron chi connectivity index (χ1n) is 4.50. The number of rotatable bonds is 0. The highest BCUT2D eigenvalue weighted by Gasteiger charge is 0.617. The van der Waals surface area contributed by atoms with Crippen LogP contribution in [0.1, 0.15) is 0 Å². The van der Waals surface area contributed by atoms with Crippen LogP contribution in [0.15, 0.2) is 118 Å². The van der Waals surface area contributed by atoms with Gasteiger partial charge in [-0.15, -0.1) is 118 Å². The lowest BCUT2D eigenvalue weighted by Gasteiger charge is -0.813. The van der Waals surface area contributed by atoms with Crippen LogP contribution in [0, 0.1) is 0 Å². The van der Waals surface area contributed by atoms with Crippen molar-refractivity contribution in [1.29, 1.82) is 0 Å². The Hall–Kier alpha value is -2.34.